The van der Waals surface area contributed by atoms with Crippen molar-refractivity contribution < 1.29 is 19.1 Å². The predicted molar refractivity (Wildman–Crippen MR) is 93.9 cm³/mol. The number of ether oxygens (including phenoxy) is 2. The van der Waals surface area contributed by atoms with Gasteiger partial charge in [0.1, 0.15) is 4.88 Å². The number of aromatic nitrogens is 1. The number of amides is 1. The molecule has 0 bridgehead atoms. The molecule has 1 fully saturated rings. The lowest BCUT2D eigenvalue weighted by atomic mass is 10.1. The molecule has 1 aliphatic heterocycles. The highest BCUT2D eigenvalue weighted by molar-refractivity contribution is 7.17. The fourth-order valence-corrected chi connectivity index (χ4v) is 3.20. The standard InChI is InChI=1S/C17H19N3O4S/c1-23-16(22)14-10-18-17(25-14)19-15(21)13-4-2-12(3-5-13)11-20-6-8-24-9-7-20/h2-5,10H,6-9,11H2,1H3,(H,18,19,21). The molecule has 1 aliphatic rings. The van der Waals surface area contributed by atoms with Gasteiger partial charge in [-0.05, 0) is 17.7 Å². The Bertz CT molecular complexity index is 739. The van der Waals surface area contributed by atoms with E-state index >= 15 is 0 Å². The Morgan fingerprint density at radius 2 is 2.00 bits per heavy atom. The van der Waals surface area contributed by atoms with Gasteiger partial charge in [0.25, 0.3) is 5.91 Å². The Balaban J connectivity index is 1.58. The highest BCUT2D eigenvalue weighted by Gasteiger charge is 2.14. The van der Waals surface area contributed by atoms with Gasteiger partial charge >= 0.3 is 5.97 Å². The summed E-state index contributed by atoms with van der Waals surface area (Å²) < 4.78 is 9.96. The van der Waals surface area contributed by atoms with Gasteiger partial charge in [0.15, 0.2) is 5.13 Å². The molecule has 0 unspecified atom stereocenters. The summed E-state index contributed by atoms with van der Waals surface area (Å²) in [4.78, 5) is 30.4. The minimum absolute atomic E-state index is 0.260. The van der Waals surface area contributed by atoms with Crippen LogP contribution in [-0.4, -0.2) is 55.2 Å². The van der Waals surface area contributed by atoms with Gasteiger partial charge in [-0.2, -0.15) is 0 Å². The van der Waals surface area contributed by atoms with Crippen LogP contribution < -0.4 is 5.32 Å². The molecule has 0 spiro atoms. The first kappa shape index (κ1) is 17.5. The number of methoxy groups -OCH3 is 1. The van der Waals surface area contributed by atoms with Crippen LogP contribution in [0.15, 0.2) is 30.5 Å². The number of nitrogens with one attached hydrogen (secondary N) is 1. The lowest BCUT2D eigenvalue weighted by molar-refractivity contribution is 0.0342. The minimum Gasteiger partial charge on any atom is -0.465 e. The number of esters is 1. The van der Waals surface area contributed by atoms with Gasteiger partial charge in [0.05, 0.1) is 26.5 Å². The van der Waals surface area contributed by atoms with E-state index < -0.39 is 5.97 Å². The maximum absolute atomic E-state index is 12.3. The zero-order chi connectivity index (χ0) is 17.6. The molecule has 1 aromatic heterocycles. The number of carbonyl (C=O) groups excluding carboxylic acids is 2. The molecule has 0 saturated carbocycles. The Morgan fingerprint density at radius 3 is 2.68 bits per heavy atom. The van der Waals surface area contributed by atoms with Crippen molar-refractivity contribution >= 4 is 28.3 Å². The summed E-state index contributed by atoms with van der Waals surface area (Å²) in [6, 6.07) is 7.48. The summed E-state index contributed by atoms with van der Waals surface area (Å²) in [5.41, 5.74) is 1.70. The first-order valence-electron chi connectivity index (χ1n) is 7.90. The summed E-state index contributed by atoms with van der Waals surface area (Å²) in [6.07, 6.45) is 1.39. The van der Waals surface area contributed by atoms with Gasteiger partial charge < -0.3 is 9.47 Å². The number of hydrogen-bond acceptors (Lipinski definition) is 7. The summed E-state index contributed by atoms with van der Waals surface area (Å²) in [7, 11) is 1.30. The number of carbonyl (C=O) groups is 2. The van der Waals surface area contributed by atoms with E-state index in [1.165, 1.54) is 13.3 Å². The van der Waals surface area contributed by atoms with Crippen LogP contribution in [0.3, 0.4) is 0 Å². The summed E-state index contributed by atoms with van der Waals surface area (Å²) in [5, 5.41) is 3.06. The van der Waals surface area contributed by atoms with Gasteiger partial charge in [-0.25, -0.2) is 9.78 Å². The molecule has 2 heterocycles. The van der Waals surface area contributed by atoms with Gasteiger partial charge in [0.2, 0.25) is 0 Å². The fraction of sp³-hybridized carbons (Fsp3) is 0.353. The second-order valence-electron chi connectivity index (χ2n) is 5.56. The lowest BCUT2D eigenvalue weighted by Crippen LogP contribution is -2.35. The monoisotopic (exact) mass is 361 g/mol. The van der Waals surface area contributed by atoms with E-state index in [0.29, 0.717) is 15.6 Å². The van der Waals surface area contributed by atoms with Gasteiger partial charge in [-0.3, -0.25) is 15.0 Å². The van der Waals surface area contributed by atoms with E-state index in [-0.39, 0.29) is 5.91 Å². The van der Waals surface area contributed by atoms with Gasteiger partial charge in [0, 0.05) is 25.2 Å². The third kappa shape index (κ3) is 4.62. The summed E-state index contributed by atoms with van der Waals surface area (Å²) in [5.74, 6) is -0.728. The van der Waals surface area contributed by atoms with Crippen molar-refractivity contribution in [1.29, 1.82) is 0 Å². The van der Waals surface area contributed by atoms with Crippen molar-refractivity contribution in [3.8, 4) is 0 Å². The third-order valence-electron chi connectivity index (χ3n) is 3.84. The maximum Gasteiger partial charge on any atom is 0.349 e. The molecule has 2 aromatic rings. The van der Waals surface area contributed by atoms with Crippen LogP contribution in [0.4, 0.5) is 5.13 Å². The normalized spacial score (nSPS) is 14.9. The summed E-state index contributed by atoms with van der Waals surface area (Å²) in [6.45, 7) is 4.23. The Hall–Kier alpha value is -2.29. The zero-order valence-corrected chi connectivity index (χ0v) is 14.7. The number of nitrogens with zero attached hydrogens (tertiary/aromatic N) is 2. The highest BCUT2D eigenvalue weighted by Crippen LogP contribution is 2.19. The van der Waals surface area contributed by atoms with Crippen LogP contribution in [0.25, 0.3) is 0 Å². The van der Waals surface area contributed by atoms with Crippen LogP contribution >= 0.6 is 11.3 Å². The van der Waals surface area contributed by atoms with Crippen LogP contribution in [0, 0.1) is 0 Å². The number of hydrogen-bond donors (Lipinski definition) is 1. The summed E-state index contributed by atoms with van der Waals surface area (Å²) >= 11 is 1.08. The Labute approximate surface area is 149 Å². The largest absolute Gasteiger partial charge is 0.465 e. The number of thiazole rings is 1. The predicted octanol–water partition coefficient (Wildman–Crippen LogP) is 2.01. The zero-order valence-electron chi connectivity index (χ0n) is 13.9. The van der Waals surface area contributed by atoms with Crippen LogP contribution in [-0.2, 0) is 16.0 Å². The van der Waals surface area contributed by atoms with Crippen molar-refractivity contribution in [3.63, 3.8) is 0 Å². The molecule has 0 radical (unpaired) electrons. The number of morpholine rings is 1. The van der Waals surface area contributed by atoms with E-state index in [0.717, 1.165) is 49.7 Å². The van der Waals surface area contributed by atoms with Crippen molar-refractivity contribution in [2.45, 2.75) is 6.54 Å². The quantitative estimate of drug-likeness (QED) is 0.821. The van der Waals surface area contributed by atoms with Crippen LogP contribution in [0.1, 0.15) is 25.6 Å². The molecular weight excluding hydrogens is 342 g/mol. The highest BCUT2D eigenvalue weighted by atomic mass is 32.1. The minimum atomic E-state index is -0.467. The molecule has 0 aliphatic carbocycles. The van der Waals surface area contributed by atoms with E-state index in [4.69, 9.17) is 4.74 Å². The second-order valence-corrected chi connectivity index (χ2v) is 6.59. The van der Waals surface area contributed by atoms with Crippen molar-refractivity contribution in [2.24, 2.45) is 0 Å². The van der Waals surface area contributed by atoms with Crippen molar-refractivity contribution in [3.05, 3.63) is 46.5 Å². The number of anilines is 1. The smallest absolute Gasteiger partial charge is 0.349 e. The third-order valence-corrected chi connectivity index (χ3v) is 4.73. The molecule has 1 aromatic carbocycles. The molecule has 0 atom stereocenters. The SMILES string of the molecule is COC(=O)c1cnc(NC(=O)c2ccc(CN3CCOCC3)cc2)s1. The second kappa shape index (κ2) is 8.19. The first-order valence-corrected chi connectivity index (χ1v) is 8.72. The molecule has 3 rings (SSSR count). The molecule has 7 nitrogen and oxygen atoms in total. The average Bonchev–Trinajstić information content (AvgIpc) is 3.11. The molecular formula is C17H19N3O4S. The fourth-order valence-electron chi connectivity index (χ4n) is 2.48. The van der Waals surface area contributed by atoms with Crippen molar-refractivity contribution in [1.82, 2.24) is 9.88 Å². The van der Waals surface area contributed by atoms with Gasteiger partial charge in [-0.15, -0.1) is 0 Å². The van der Waals surface area contributed by atoms with Crippen LogP contribution in [0.5, 0.6) is 0 Å². The van der Waals surface area contributed by atoms with Gasteiger partial charge in [-0.1, -0.05) is 23.5 Å². The molecule has 8 heteroatoms. The lowest BCUT2D eigenvalue weighted by Gasteiger charge is -2.26. The number of benzene rings is 1. The topological polar surface area (TPSA) is 80.8 Å². The van der Waals surface area contributed by atoms with E-state index in [9.17, 15) is 9.59 Å². The molecule has 1 N–H and O–H groups in total. The Kier molecular flexibility index (Phi) is 5.75. The Morgan fingerprint density at radius 1 is 1.28 bits per heavy atom. The maximum atomic E-state index is 12.3. The van der Waals surface area contributed by atoms with E-state index in [2.05, 4.69) is 19.9 Å². The van der Waals surface area contributed by atoms with E-state index in [1.54, 1.807) is 12.1 Å². The molecule has 25 heavy (non-hydrogen) atoms. The molecule has 1 amide bonds. The first-order chi connectivity index (χ1) is 12.2. The molecule has 132 valence electrons. The number of rotatable bonds is 5. The molecule has 1 saturated heterocycles. The van der Waals surface area contributed by atoms with E-state index in [1.807, 2.05) is 12.1 Å². The average molecular weight is 361 g/mol. The van der Waals surface area contributed by atoms with Crippen molar-refractivity contribution in [2.75, 3.05) is 38.7 Å². The van der Waals surface area contributed by atoms with Crippen LogP contribution in [0.2, 0.25) is 0 Å².